The molecular formula is C27H26N6O. The van der Waals surface area contributed by atoms with Crippen molar-refractivity contribution in [3.05, 3.63) is 83.6 Å². The van der Waals surface area contributed by atoms with Gasteiger partial charge in [-0.25, -0.2) is 15.0 Å². The van der Waals surface area contributed by atoms with E-state index in [0.717, 1.165) is 33.9 Å². The van der Waals surface area contributed by atoms with Crippen molar-refractivity contribution in [2.45, 2.75) is 38.5 Å². The fourth-order valence-corrected chi connectivity index (χ4v) is 4.52. The van der Waals surface area contributed by atoms with Gasteiger partial charge in [-0.2, -0.15) is 0 Å². The molecule has 0 radical (unpaired) electrons. The number of hydrogen-bond donors (Lipinski definition) is 2. The molecular weight excluding hydrogens is 424 g/mol. The number of rotatable bonds is 5. The van der Waals surface area contributed by atoms with E-state index in [9.17, 15) is 4.79 Å². The number of amides is 1. The lowest BCUT2D eigenvalue weighted by molar-refractivity contribution is 0.0941. The van der Waals surface area contributed by atoms with Gasteiger partial charge in [0.15, 0.2) is 5.82 Å². The number of nitrogens with one attached hydrogen (secondary N) is 2. The number of anilines is 2. The summed E-state index contributed by atoms with van der Waals surface area (Å²) in [6.45, 7) is 4.82. The second-order valence-corrected chi connectivity index (χ2v) is 9.21. The Kier molecular flexibility index (Phi) is 4.90. The fraction of sp³-hybridized carbons (Fsp3) is 0.259. The Bertz CT molecular complexity index is 1390. The van der Waals surface area contributed by atoms with Gasteiger partial charge in [0.25, 0.3) is 5.91 Å². The Labute approximate surface area is 198 Å². The predicted octanol–water partition coefficient (Wildman–Crippen LogP) is 5.11. The van der Waals surface area contributed by atoms with Crippen molar-refractivity contribution in [1.29, 1.82) is 0 Å². The van der Waals surface area contributed by atoms with Gasteiger partial charge in [-0.1, -0.05) is 6.92 Å². The van der Waals surface area contributed by atoms with E-state index in [1.54, 1.807) is 6.20 Å². The van der Waals surface area contributed by atoms with Crippen molar-refractivity contribution in [3.8, 4) is 17.1 Å². The highest BCUT2D eigenvalue weighted by Crippen LogP contribution is 2.39. The Morgan fingerprint density at radius 3 is 2.68 bits per heavy atom. The molecule has 2 aliphatic rings. The summed E-state index contributed by atoms with van der Waals surface area (Å²) < 4.78 is 2.15. The third-order valence-electron chi connectivity index (χ3n) is 6.62. The highest BCUT2D eigenvalue weighted by Gasteiger charge is 2.27. The minimum absolute atomic E-state index is 0.0120. The van der Waals surface area contributed by atoms with Crippen LogP contribution in [0.2, 0.25) is 0 Å². The van der Waals surface area contributed by atoms with Crippen molar-refractivity contribution < 1.29 is 4.79 Å². The van der Waals surface area contributed by atoms with Gasteiger partial charge in [-0.15, -0.1) is 0 Å². The molecule has 1 unspecified atom stereocenters. The monoisotopic (exact) mass is 450 g/mol. The molecule has 1 atom stereocenters. The molecule has 2 N–H and O–H groups in total. The van der Waals surface area contributed by atoms with Gasteiger partial charge in [0, 0.05) is 47.4 Å². The van der Waals surface area contributed by atoms with Crippen LogP contribution < -0.4 is 10.6 Å². The maximum Gasteiger partial charge on any atom is 0.251 e. The average molecular weight is 451 g/mol. The maximum absolute atomic E-state index is 12.1. The summed E-state index contributed by atoms with van der Waals surface area (Å²) in [7, 11) is 0. The molecule has 34 heavy (non-hydrogen) atoms. The molecule has 1 saturated carbocycles. The van der Waals surface area contributed by atoms with Gasteiger partial charge < -0.3 is 15.2 Å². The smallest absolute Gasteiger partial charge is 0.251 e. The first-order valence-corrected chi connectivity index (χ1v) is 11.7. The van der Waals surface area contributed by atoms with E-state index in [2.05, 4.69) is 45.4 Å². The fourth-order valence-electron chi connectivity index (χ4n) is 4.52. The zero-order valence-corrected chi connectivity index (χ0v) is 19.2. The third kappa shape index (κ3) is 3.83. The summed E-state index contributed by atoms with van der Waals surface area (Å²) in [5.74, 6) is 3.27. The van der Waals surface area contributed by atoms with Crippen LogP contribution in [-0.4, -0.2) is 32.0 Å². The summed E-state index contributed by atoms with van der Waals surface area (Å²) in [6, 6.07) is 15.9. The highest BCUT2D eigenvalue weighted by molar-refractivity contribution is 5.97. The van der Waals surface area contributed by atoms with Crippen molar-refractivity contribution in [3.63, 3.8) is 0 Å². The summed E-state index contributed by atoms with van der Waals surface area (Å²) in [5, 5.41) is 6.29. The first kappa shape index (κ1) is 20.6. The normalized spacial score (nSPS) is 17.2. The van der Waals surface area contributed by atoms with Crippen LogP contribution >= 0.6 is 0 Å². The molecule has 2 aromatic carbocycles. The molecule has 0 saturated heterocycles. The van der Waals surface area contributed by atoms with Crippen LogP contribution in [0.1, 0.15) is 59.0 Å². The quantitative estimate of drug-likeness (QED) is 0.442. The number of imidazole rings is 1. The Morgan fingerprint density at radius 2 is 1.88 bits per heavy atom. The predicted molar refractivity (Wildman–Crippen MR) is 132 cm³/mol. The molecule has 2 aromatic heterocycles. The third-order valence-corrected chi connectivity index (χ3v) is 6.62. The lowest BCUT2D eigenvalue weighted by atomic mass is 9.91. The van der Waals surface area contributed by atoms with Crippen LogP contribution in [0.3, 0.4) is 0 Å². The number of hydrogen-bond acceptors (Lipinski definition) is 5. The van der Waals surface area contributed by atoms with E-state index in [4.69, 9.17) is 9.97 Å². The van der Waals surface area contributed by atoms with Crippen LogP contribution in [0, 0.1) is 6.92 Å². The summed E-state index contributed by atoms with van der Waals surface area (Å²) in [4.78, 5) is 26.0. The number of aromatic nitrogens is 4. The van der Waals surface area contributed by atoms with E-state index >= 15 is 0 Å². The number of benzene rings is 2. The van der Waals surface area contributed by atoms with Crippen molar-refractivity contribution in [2.75, 3.05) is 11.9 Å². The van der Waals surface area contributed by atoms with Gasteiger partial charge in [0.05, 0.1) is 5.69 Å². The molecule has 6 rings (SSSR count). The Morgan fingerprint density at radius 1 is 1.06 bits per heavy atom. The lowest BCUT2D eigenvalue weighted by Gasteiger charge is -2.23. The Balaban J connectivity index is 1.23. The minimum atomic E-state index is -0.0120. The summed E-state index contributed by atoms with van der Waals surface area (Å²) >= 11 is 0. The standard InChI is InChI=1S/C27H26N6O/c1-16-14-29-27(34)22-10-7-20(13-23(16)22)31-25-11-12-28-26(32-25)19-5-8-21(9-6-19)33-15-24(18-3-4-18)30-17(33)2/h5-13,15-16,18H,3-4,14H2,1-2H3,(H,29,34)(H,28,31,32). The molecule has 1 fully saturated rings. The Hall–Kier alpha value is -4.00. The molecule has 0 spiro atoms. The average Bonchev–Trinajstić information content (AvgIpc) is 3.63. The first-order valence-electron chi connectivity index (χ1n) is 11.7. The van der Waals surface area contributed by atoms with Crippen molar-refractivity contribution in [1.82, 2.24) is 24.8 Å². The number of nitrogens with zero attached hydrogens (tertiary/aromatic N) is 4. The van der Waals surface area contributed by atoms with E-state index in [1.165, 1.54) is 18.5 Å². The molecule has 1 aliphatic carbocycles. The van der Waals surface area contributed by atoms with Gasteiger partial charge in [0.2, 0.25) is 0 Å². The number of fused-ring (bicyclic) bond motifs is 1. The van der Waals surface area contributed by atoms with E-state index in [1.807, 2.05) is 43.3 Å². The summed E-state index contributed by atoms with van der Waals surface area (Å²) in [6.07, 6.45) is 6.41. The van der Waals surface area contributed by atoms with Crippen LogP contribution in [0.15, 0.2) is 60.9 Å². The lowest BCUT2D eigenvalue weighted by Crippen LogP contribution is -2.33. The number of carbonyl (C=O) groups is 1. The number of aryl methyl sites for hydroxylation is 1. The zero-order valence-electron chi connectivity index (χ0n) is 19.2. The van der Waals surface area contributed by atoms with E-state index in [0.29, 0.717) is 24.1 Å². The van der Waals surface area contributed by atoms with E-state index in [-0.39, 0.29) is 11.8 Å². The van der Waals surface area contributed by atoms with Crippen LogP contribution in [0.5, 0.6) is 0 Å². The second kappa shape index (κ2) is 8.09. The van der Waals surface area contributed by atoms with Crippen LogP contribution in [0.4, 0.5) is 11.5 Å². The van der Waals surface area contributed by atoms with E-state index < -0.39 is 0 Å². The SMILES string of the molecule is Cc1nc(C2CC2)cn1-c1ccc(-c2nccc(Nc3ccc4c(c3)C(C)CNC4=O)n2)cc1. The maximum atomic E-state index is 12.1. The van der Waals surface area contributed by atoms with Crippen LogP contribution in [-0.2, 0) is 0 Å². The van der Waals surface area contributed by atoms with Gasteiger partial charge in [-0.3, -0.25) is 4.79 Å². The second-order valence-electron chi connectivity index (χ2n) is 9.21. The molecule has 4 aromatic rings. The zero-order chi connectivity index (χ0) is 23.2. The summed E-state index contributed by atoms with van der Waals surface area (Å²) in [5.41, 5.74) is 5.93. The molecule has 0 bridgehead atoms. The molecule has 7 nitrogen and oxygen atoms in total. The van der Waals surface area contributed by atoms with Crippen molar-refractivity contribution in [2.24, 2.45) is 0 Å². The first-order chi connectivity index (χ1) is 16.5. The number of carbonyl (C=O) groups excluding carboxylic acids is 1. The molecule has 7 heteroatoms. The van der Waals surface area contributed by atoms with Gasteiger partial charge >= 0.3 is 0 Å². The molecule has 1 aliphatic heterocycles. The topological polar surface area (TPSA) is 84.7 Å². The van der Waals surface area contributed by atoms with Gasteiger partial charge in [-0.05, 0) is 79.8 Å². The van der Waals surface area contributed by atoms with Crippen LogP contribution in [0.25, 0.3) is 17.1 Å². The molecule has 170 valence electrons. The van der Waals surface area contributed by atoms with Crippen molar-refractivity contribution >= 4 is 17.4 Å². The highest BCUT2D eigenvalue weighted by atomic mass is 16.1. The van der Waals surface area contributed by atoms with Gasteiger partial charge in [0.1, 0.15) is 11.6 Å². The molecule has 1 amide bonds. The minimum Gasteiger partial charge on any atom is -0.351 e. The largest absolute Gasteiger partial charge is 0.351 e. The molecule has 3 heterocycles.